The number of anilines is 2. The second-order valence-corrected chi connectivity index (χ2v) is 7.27. The van der Waals surface area contributed by atoms with Crippen molar-refractivity contribution >= 4 is 22.7 Å². The van der Waals surface area contributed by atoms with E-state index in [0.29, 0.717) is 0 Å². The van der Waals surface area contributed by atoms with Crippen LogP contribution in [0.25, 0.3) is 16.9 Å². The smallest absolute Gasteiger partial charge is 0.160 e. The van der Waals surface area contributed by atoms with Crippen molar-refractivity contribution in [2.45, 2.75) is 20.8 Å². The highest BCUT2D eigenvalue weighted by Crippen LogP contribution is 2.24. The number of nitrogens with zero attached hydrogens (tertiary/aromatic N) is 9. The van der Waals surface area contributed by atoms with E-state index in [1.54, 1.807) is 12.5 Å². The molecule has 4 aromatic heterocycles. The number of nitrogens with one attached hydrogen (secondary N) is 1. The van der Waals surface area contributed by atoms with Crippen molar-refractivity contribution in [2.24, 2.45) is 0 Å². The van der Waals surface area contributed by atoms with Gasteiger partial charge >= 0.3 is 0 Å². The third-order valence-electron chi connectivity index (χ3n) is 5.17. The highest BCUT2D eigenvalue weighted by Gasteiger charge is 2.22. The standard InChI is InChI=1S/C19H22N10/c1-12-8-13(2)29(26-12)17-9-16(23-14(3)24-17)27-4-6-28(7-5-27)19-15-10-22-25-18(15)20-11-21-19/h8-11H,4-7H2,1-3H3,(H,20,21,22,25). The molecule has 0 bridgehead atoms. The van der Waals surface area contributed by atoms with Crippen LogP contribution in [0, 0.1) is 20.8 Å². The molecule has 1 saturated heterocycles. The van der Waals surface area contributed by atoms with Crippen LogP contribution in [0.4, 0.5) is 11.6 Å². The van der Waals surface area contributed by atoms with Crippen molar-refractivity contribution in [3.05, 3.63) is 41.9 Å². The average molecular weight is 390 g/mol. The van der Waals surface area contributed by atoms with Gasteiger partial charge in [0.25, 0.3) is 0 Å². The molecule has 0 amide bonds. The van der Waals surface area contributed by atoms with Crippen LogP contribution in [0.15, 0.2) is 24.7 Å². The zero-order valence-corrected chi connectivity index (χ0v) is 16.7. The number of rotatable bonds is 3. The van der Waals surface area contributed by atoms with Crippen molar-refractivity contribution < 1.29 is 0 Å². The first-order valence-corrected chi connectivity index (χ1v) is 9.62. The Bertz CT molecular complexity index is 1170. The van der Waals surface area contributed by atoms with Crippen molar-refractivity contribution in [1.82, 2.24) is 39.9 Å². The lowest BCUT2D eigenvalue weighted by molar-refractivity contribution is 0.640. The van der Waals surface area contributed by atoms with Gasteiger partial charge in [-0.05, 0) is 26.8 Å². The van der Waals surface area contributed by atoms with Crippen LogP contribution in [0.2, 0.25) is 0 Å². The predicted octanol–water partition coefficient (Wildman–Crippen LogP) is 1.58. The fourth-order valence-corrected chi connectivity index (χ4v) is 3.82. The number of aromatic nitrogens is 8. The number of aromatic amines is 1. The van der Waals surface area contributed by atoms with E-state index in [1.807, 2.05) is 37.6 Å². The summed E-state index contributed by atoms with van der Waals surface area (Å²) in [6.45, 7) is 9.32. The summed E-state index contributed by atoms with van der Waals surface area (Å²) < 4.78 is 1.88. The summed E-state index contributed by atoms with van der Waals surface area (Å²) in [6, 6.07) is 4.06. The number of hydrogen-bond acceptors (Lipinski definition) is 8. The average Bonchev–Trinajstić information content (AvgIpc) is 3.33. The van der Waals surface area contributed by atoms with Crippen molar-refractivity contribution in [2.75, 3.05) is 36.0 Å². The molecule has 5 heterocycles. The number of H-pyrrole nitrogens is 1. The minimum atomic E-state index is 0.739. The number of aryl methyl sites for hydroxylation is 3. The van der Waals surface area contributed by atoms with Gasteiger partial charge < -0.3 is 9.80 Å². The van der Waals surface area contributed by atoms with Crippen LogP contribution in [-0.4, -0.2) is 66.1 Å². The second-order valence-electron chi connectivity index (χ2n) is 7.27. The van der Waals surface area contributed by atoms with Gasteiger partial charge in [0.05, 0.1) is 17.3 Å². The van der Waals surface area contributed by atoms with E-state index < -0.39 is 0 Å². The molecule has 10 nitrogen and oxygen atoms in total. The molecule has 0 aliphatic carbocycles. The summed E-state index contributed by atoms with van der Waals surface area (Å²) in [6.07, 6.45) is 3.36. The first-order chi connectivity index (χ1) is 14.1. The molecular weight excluding hydrogens is 368 g/mol. The van der Waals surface area contributed by atoms with E-state index in [1.165, 1.54) is 0 Å². The van der Waals surface area contributed by atoms with Gasteiger partial charge in [-0.25, -0.2) is 24.6 Å². The molecule has 0 unspecified atom stereocenters. The molecule has 0 atom stereocenters. The van der Waals surface area contributed by atoms with Crippen LogP contribution in [0.1, 0.15) is 17.2 Å². The predicted molar refractivity (Wildman–Crippen MR) is 109 cm³/mol. The topological polar surface area (TPSA) is 105 Å². The van der Waals surface area contributed by atoms with Crippen LogP contribution in [0.3, 0.4) is 0 Å². The molecule has 10 heteroatoms. The molecule has 1 aliphatic rings. The summed E-state index contributed by atoms with van der Waals surface area (Å²) in [5.74, 6) is 3.39. The molecule has 0 spiro atoms. The number of hydrogen-bond donors (Lipinski definition) is 1. The van der Waals surface area contributed by atoms with Gasteiger partial charge in [-0.3, -0.25) is 5.10 Å². The van der Waals surface area contributed by atoms with Gasteiger partial charge in [0.1, 0.15) is 23.8 Å². The maximum absolute atomic E-state index is 4.67. The van der Waals surface area contributed by atoms with Gasteiger partial charge in [-0.1, -0.05) is 0 Å². The molecule has 0 saturated carbocycles. The highest BCUT2D eigenvalue weighted by molar-refractivity contribution is 5.86. The molecule has 0 radical (unpaired) electrons. The van der Waals surface area contributed by atoms with E-state index in [0.717, 1.165) is 71.9 Å². The maximum atomic E-state index is 4.67. The number of fused-ring (bicyclic) bond motifs is 1. The van der Waals surface area contributed by atoms with E-state index in [-0.39, 0.29) is 0 Å². The Hall–Kier alpha value is -3.56. The van der Waals surface area contributed by atoms with Crippen molar-refractivity contribution in [3.63, 3.8) is 0 Å². The van der Waals surface area contributed by atoms with Crippen molar-refractivity contribution in [3.8, 4) is 5.82 Å². The maximum Gasteiger partial charge on any atom is 0.160 e. The zero-order valence-electron chi connectivity index (χ0n) is 16.7. The van der Waals surface area contributed by atoms with Gasteiger partial charge in [0.2, 0.25) is 0 Å². The van der Waals surface area contributed by atoms with Crippen LogP contribution in [-0.2, 0) is 0 Å². The lowest BCUT2D eigenvalue weighted by Crippen LogP contribution is -2.47. The highest BCUT2D eigenvalue weighted by atomic mass is 15.3. The summed E-state index contributed by atoms with van der Waals surface area (Å²) >= 11 is 0. The number of piperazine rings is 1. The van der Waals surface area contributed by atoms with Gasteiger partial charge in [-0.15, -0.1) is 0 Å². The molecule has 148 valence electrons. The fourth-order valence-electron chi connectivity index (χ4n) is 3.82. The van der Waals surface area contributed by atoms with Crippen LogP contribution < -0.4 is 9.80 Å². The molecule has 1 fully saturated rings. The molecule has 1 N–H and O–H groups in total. The molecular formula is C19H22N10. The SMILES string of the molecule is Cc1cc(C)n(-c2cc(N3CCN(c4ncnc5[nH]ncc45)CC3)nc(C)n2)n1. The van der Waals surface area contributed by atoms with Crippen molar-refractivity contribution in [1.29, 1.82) is 0 Å². The van der Waals surface area contributed by atoms with E-state index in [2.05, 4.69) is 45.0 Å². The quantitative estimate of drug-likeness (QED) is 0.562. The minimum Gasteiger partial charge on any atom is -0.353 e. The van der Waals surface area contributed by atoms with E-state index >= 15 is 0 Å². The largest absolute Gasteiger partial charge is 0.353 e. The van der Waals surface area contributed by atoms with E-state index in [4.69, 9.17) is 0 Å². The lowest BCUT2D eigenvalue weighted by Gasteiger charge is -2.36. The second kappa shape index (κ2) is 6.80. The normalized spacial score (nSPS) is 14.7. The van der Waals surface area contributed by atoms with E-state index in [9.17, 15) is 0 Å². The summed E-state index contributed by atoms with van der Waals surface area (Å²) in [7, 11) is 0. The van der Waals surface area contributed by atoms with Crippen LogP contribution in [0.5, 0.6) is 0 Å². The summed E-state index contributed by atoms with van der Waals surface area (Å²) in [4.78, 5) is 22.5. The fraction of sp³-hybridized carbons (Fsp3) is 0.368. The first-order valence-electron chi connectivity index (χ1n) is 9.62. The van der Waals surface area contributed by atoms with Crippen LogP contribution >= 0.6 is 0 Å². The Balaban J connectivity index is 1.38. The third-order valence-corrected chi connectivity index (χ3v) is 5.17. The zero-order chi connectivity index (χ0) is 20.0. The summed E-state index contributed by atoms with van der Waals surface area (Å²) in [5.41, 5.74) is 2.80. The Kier molecular flexibility index (Phi) is 4.11. The third kappa shape index (κ3) is 3.16. The van der Waals surface area contributed by atoms with Gasteiger partial charge in [0, 0.05) is 37.9 Å². The Morgan fingerprint density at radius 3 is 2.41 bits per heavy atom. The van der Waals surface area contributed by atoms with Gasteiger partial charge in [0.15, 0.2) is 11.5 Å². The molecule has 4 aromatic rings. The molecule has 5 rings (SSSR count). The molecule has 0 aromatic carbocycles. The monoisotopic (exact) mass is 390 g/mol. The minimum absolute atomic E-state index is 0.739. The first kappa shape index (κ1) is 17.5. The summed E-state index contributed by atoms with van der Waals surface area (Å²) in [5, 5.41) is 12.5. The lowest BCUT2D eigenvalue weighted by atomic mass is 10.2. The van der Waals surface area contributed by atoms with Gasteiger partial charge in [-0.2, -0.15) is 10.2 Å². The molecule has 29 heavy (non-hydrogen) atoms. The Morgan fingerprint density at radius 2 is 1.66 bits per heavy atom. The Morgan fingerprint density at radius 1 is 0.897 bits per heavy atom. The Labute approximate surface area is 167 Å². The molecule has 1 aliphatic heterocycles.